The third-order valence-corrected chi connectivity index (χ3v) is 2.99. The summed E-state index contributed by atoms with van der Waals surface area (Å²) in [5, 5.41) is 4.16. The normalized spacial score (nSPS) is 11.1. The fourth-order valence-electron chi connectivity index (χ4n) is 1.42. The minimum absolute atomic E-state index is 0.551. The van der Waals surface area contributed by atoms with Crippen molar-refractivity contribution in [2.24, 2.45) is 0 Å². The molecule has 0 amide bonds. The van der Waals surface area contributed by atoms with Crippen LogP contribution in [0.4, 0.5) is 5.82 Å². The first-order valence-electron chi connectivity index (χ1n) is 4.41. The molecule has 8 heteroatoms. The minimum Gasteiger partial charge on any atom is -0.383 e. The van der Waals surface area contributed by atoms with Crippen molar-refractivity contribution in [2.75, 3.05) is 5.73 Å². The predicted molar refractivity (Wildman–Crippen MR) is 65.9 cm³/mol. The van der Waals surface area contributed by atoms with Crippen LogP contribution in [-0.2, 0) is 0 Å². The Labute approximate surface area is 103 Å². The summed E-state index contributed by atoms with van der Waals surface area (Å²) >= 11 is 2.12. The van der Waals surface area contributed by atoms with Gasteiger partial charge in [0, 0.05) is 0 Å². The van der Waals surface area contributed by atoms with E-state index in [4.69, 9.17) is 5.73 Å². The summed E-state index contributed by atoms with van der Waals surface area (Å²) in [7, 11) is 0. The van der Waals surface area contributed by atoms with Crippen molar-refractivity contribution in [2.45, 2.75) is 0 Å². The van der Waals surface area contributed by atoms with E-state index in [2.05, 4.69) is 47.6 Å². The van der Waals surface area contributed by atoms with Gasteiger partial charge in [0.05, 0.1) is 16.1 Å². The second-order valence-corrected chi connectivity index (χ2v) is 4.25. The first kappa shape index (κ1) is 9.51. The Morgan fingerprint density at radius 2 is 2.19 bits per heavy atom. The number of H-pyrrole nitrogens is 1. The van der Waals surface area contributed by atoms with E-state index in [1.165, 1.54) is 6.33 Å². The third kappa shape index (κ3) is 1.26. The topological polar surface area (TPSA) is 98.3 Å². The second-order valence-electron chi connectivity index (χ2n) is 3.09. The molecular formula is C8H6IN7. The lowest BCUT2D eigenvalue weighted by molar-refractivity contribution is 0.858. The van der Waals surface area contributed by atoms with E-state index in [0.29, 0.717) is 22.8 Å². The summed E-state index contributed by atoms with van der Waals surface area (Å²) in [6.07, 6.45) is 4.68. The van der Waals surface area contributed by atoms with Crippen LogP contribution in [-0.4, -0.2) is 29.7 Å². The number of hydrogen-bond acceptors (Lipinski definition) is 5. The van der Waals surface area contributed by atoms with E-state index in [0.717, 1.165) is 3.57 Å². The largest absolute Gasteiger partial charge is 0.383 e. The maximum atomic E-state index is 5.89. The zero-order valence-electron chi connectivity index (χ0n) is 7.92. The van der Waals surface area contributed by atoms with E-state index < -0.39 is 0 Å². The molecule has 0 atom stereocenters. The van der Waals surface area contributed by atoms with Crippen molar-refractivity contribution in [3.05, 3.63) is 22.4 Å². The molecule has 3 aromatic rings. The molecule has 80 valence electrons. The molecule has 0 aliphatic rings. The molecule has 3 aromatic heterocycles. The lowest BCUT2D eigenvalue weighted by Crippen LogP contribution is -2.05. The first-order valence-corrected chi connectivity index (χ1v) is 5.48. The van der Waals surface area contributed by atoms with Gasteiger partial charge in [-0.3, -0.25) is 0 Å². The average molecular weight is 327 g/mol. The SMILES string of the molecule is Nc1c(I)cnn1-c1ncnc2nc[nH]c12. The smallest absolute Gasteiger partial charge is 0.184 e. The highest BCUT2D eigenvalue weighted by Gasteiger charge is 2.12. The standard InChI is InChI=1S/C8H6IN7/c9-4-1-15-16(6(4)10)8-5-7(12-2-11-5)13-3-14-8/h1-3H,10H2,(H,11,12,13,14). The van der Waals surface area contributed by atoms with Gasteiger partial charge in [-0.2, -0.15) is 9.78 Å². The number of aromatic nitrogens is 6. The Morgan fingerprint density at radius 3 is 2.94 bits per heavy atom. The third-order valence-electron chi connectivity index (χ3n) is 2.16. The Bertz CT molecular complexity index is 655. The highest BCUT2D eigenvalue weighted by atomic mass is 127. The number of anilines is 1. The van der Waals surface area contributed by atoms with Crippen molar-refractivity contribution in [3.8, 4) is 5.82 Å². The van der Waals surface area contributed by atoms with Gasteiger partial charge in [0.1, 0.15) is 17.7 Å². The van der Waals surface area contributed by atoms with Gasteiger partial charge in [0.25, 0.3) is 0 Å². The van der Waals surface area contributed by atoms with Gasteiger partial charge >= 0.3 is 0 Å². The Balaban J connectivity index is 2.33. The molecule has 0 bridgehead atoms. The summed E-state index contributed by atoms with van der Waals surface area (Å²) in [6, 6.07) is 0. The van der Waals surface area contributed by atoms with Crippen molar-refractivity contribution in [3.63, 3.8) is 0 Å². The molecule has 0 saturated carbocycles. The van der Waals surface area contributed by atoms with Crippen LogP contribution < -0.4 is 5.73 Å². The number of aromatic amines is 1. The number of nitrogens with zero attached hydrogens (tertiary/aromatic N) is 5. The van der Waals surface area contributed by atoms with Crippen molar-refractivity contribution in [1.82, 2.24) is 29.7 Å². The van der Waals surface area contributed by atoms with Crippen LogP contribution in [0.3, 0.4) is 0 Å². The molecule has 0 unspecified atom stereocenters. The molecule has 0 aromatic carbocycles. The van der Waals surface area contributed by atoms with E-state index in [1.807, 2.05) is 0 Å². The highest BCUT2D eigenvalue weighted by molar-refractivity contribution is 14.1. The van der Waals surface area contributed by atoms with Crippen LogP contribution in [0.2, 0.25) is 0 Å². The van der Waals surface area contributed by atoms with Crippen molar-refractivity contribution in [1.29, 1.82) is 0 Å². The van der Waals surface area contributed by atoms with Crippen LogP contribution >= 0.6 is 22.6 Å². The first-order chi connectivity index (χ1) is 7.77. The van der Waals surface area contributed by atoms with Crippen LogP contribution in [0.5, 0.6) is 0 Å². The van der Waals surface area contributed by atoms with Crippen LogP contribution in [0.25, 0.3) is 17.0 Å². The number of nitrogens with two attached hydrogens (primary N) is 1. The summed E-state index contributed by atoms with van der Waals surface area (Å²) in [5.74, 6) is 1.15. The molecule has 16 heavy (non-hydrogen) atoms. The lowest BCUT2D eigenvalue weighted by atomic mass is 10.5. The summed E-state index contributed by atoms with van der Waals surface area (Å²) < 4.78 is 2.44. The number of nitrogens with one attached hydrogen (secondary N) is 1. The average Bonchev–Trinajstić information content (AvgIpc) is 2.87. The number of fused-ring (bicyclic) bond motifs is 1. The van der Waals surface area contributed by atoms with E-state index >= 15 is 0 Å². The van der Waals surface area contributed by atoms with Crippen LogP contribution in [0, 0.1) is 3.57 Å². The quantitative estimate of drug-likeness (QED) is 0.642. The summed E-state index contributed by atoms with van der Waals surface area (Å²) in [6.45, 7) is 0. The van der Waals surface area contributed by atoms with Gasteiger partial charge < -0.3 is 10.7 Å². The number of imidazole rings is 1. The molecule has 0 spiro atoms. The lowest BCUT2D eigenvalue weighted by Gasteiger charge is -2.02. The maximum Gasteiger partial charge on any atom is 0.184 e. The molecule has 0 aliphatic heterocycles. The highest BCUT2D eigenvalue weighted by Crippen LogP contribution is 2.20. The Kier molecular flexibility index (Phi) is 2.02. The summed E-state index contributed by atoms with van der Waals surface area (Å²) in [4.78, 5) is 15.2. The number of rotatable bonds is 1. The predicted octanol–water partition coefficient (Wildman–Crippen LogP) is 0.725. The van der Waals surface area contributed by atoms with E-state index in [1.54, 1.807) is 17.2 Å². The van der Waals surface area contributed by atoms with Gasteiger partial charge in [-0.15, -0.1) is 0 Å². The van der Waals surface area contributed by atoms with E-state index in [-0.39, 0.29) is 0 Å². The second kappa shape index (κ2) is 3.40. The number of hydrogen-bond donors (Lipinski definition) is 2. The Hall–Kier alpha value is -1.71. The molecule has 3 N–H and O–H groups in total. The van der Waals surface area contributed by atoms with Crippen LogP contribution in [0.1, 0.15) is 0 Å². The minimum atomic E-state index is 0.551. The van der Waals surface area contributed by atoms with E-state index in [9.17, 15) is 0 Å². The molecular weight excluding hydrogens is 321 g/mol. The van der Waals surface area contributed by atoms with Gasteiger partial charge in [0.2, 0.25) is 0 Å². The van der Waals surface area contributed by atoms with Crippen LogP contribution in [0.15, 0.2) is 18.9 Å². The monoisotopic (exact) mass is 327 g/mol. The zero-order valence-corrected chi connectivity index (χ0v) is 10.1. The fraction of sp³-hybridized carbons (Fsp3) is 0. The molecule has 0 fully saturated rings. The zero-order chi connectivity index (χ0) is 11.1. The van der Waals surface area contributed by atoms with Gasteiger partial charge in [0.15, 0.2) is 11.5 Å². The molecule has 3 heterocycles. The van der Waals surface area contributed by atoms with Gasteiger partial charge in [-0.25, -0.2) is 15.0 Å². The van der Waals surface area contributed by atoms with Crippen molar-refractivity contribution >= 4 is 39.6 Å². The Morgan fingerprint density at radius 1 is 1.31 bits per heavy atom. The van der Waals surface area contributed by atoms with Crippen molar-refractivity contribution < 1.29 is 0 Å². The summed E-state index contributed by atoms with van der Waals surface area (Å²) in [5.41, 5.74) is 7.20. The maximum absolute atomic E-state index is 5.89. The van der Waals surface area contributed by atoms with Gasteiger partial charge in [-0.1, -0.05) is 0 Å². The molecule has 0 radical (unpaired) electrons. The van der Waals surface area contributed by atoms with Gasteiger partial charge in [-0.05, 0) is 22.6 Å². The molecule has 3 rings (SSSR count). The molecule has 0 saturated heterocycles. The molecule has 0 aliphatic carbocycles. The number of nitrogen functional groups attached to an aromatic ring is 1. The molecule has 7 nitrogen and oxygen atoms in total. The number of halogens is 1. The fourth-order valence-corrected chi connectivity index (χ4v) is 1.77.